The van der Waals surface area contributed by atoms with Crippen LogP contribution in [0.15, 0.2) is 21.1 Å². The molecule has 1 unspecified atom stereocenters. The summed E-state index contributed by atoms with van der Waals surface area (Å²) in [7, 11) is 0. The van der Waals surface area contributed by atoms with Crippen LogP contribution in [0.2, 0.25) is 0 Å². The first-order valence-electron chi connectivity index (χ1n) is 4.90. The zero-order valence-corrected chi connectivity index (χ0v) is 11.8. The van der Waals surface area contributed by atoms with Gasteiger partial charge in [-0.1, -0.05) is 15.9 Å². The number of fused-ring (bicyclic) bond motifs is 2. The lowest BCUT2D eigenvalue weighted by Crippen LogP contribution is -2.49. The van der Waals surface area contributed by atoms with Crippen LogP contribution in [0.3, 0.4) is 0 Å². The van der Waals surface area contributed by atoms with Crippen LogP contribution in [-0.2, 0) is 15.1 Å². The lowest BCUT2D eigenvalue weighted by Gasteiger charge is -2.17. The summed E-state index contributed by atoms with van der Waals surface area (Å²) in [6, 6.07) is 2.69. The fourth-order valence-electron chi connectivity index (χ4n) is 2.13. The van der Waals surface area contributed by atoms with E-state index in [0.717, 1.165) is 0 Å². The molecule has 2 aliphatic rings. The number of nitrogens with one attached hydrogen (secondary N) is 3. The van der Waals surface area contributed by atoms with Gasteiger partial charge in [-0.25, -0.2) is 4.79 Å². The first-order valence-corrected chi connectivity index (χ1v) is 6.48. The third-order valence-electron chi connectivity index (χ3n) is 2.91. The fourth-order valence-corrected chi connectivity index (χ4v) is 3.46. The average molecular weight is 375 g/mol. The van der Waals surface area contributed by atoms with Crippen molar-refractivity contribution in [3.8, 4) is 0 Å². The van der Waals surface area contributed by atoms with E-state index in [9.17, 15) is 14.4 Å². The van der Waals surface area contributed by atoms with E-state index in [2.05, 4.69) is 47.8 Å². The maximum atomic E-state index is 12.1. The molecule has 92 valence electrons. The Morgan fingerprint density at radius 1 is 1.00 bits per heavy atom. The molecule has 1 aromatic carbocycles. The second-order valence-corrected chi connectivity index (χ2v) is 5.69. The Kier molecular flexibility index (Phi) is 2.30. The molecule has 8 heteroatoms. The third kappa shape index (κ3) is 1.30. The van der Waals surface area contributed by atoms with Gasteiger partial charge in [0, 0.05) is 14.5 Å². The zero-order chi connectivity index (χ0) is 13.1. The molecule has 18 heavy (non-hydrogen) atoms. The van der Waals surface area contributed by atoms with Crippen molar-refractivity contribution in [3.63, 3.8) is 0 Å². The molecule has 0 saturated carbocycles. The van der Waals surface area contributed by atoms with Gasteiger partial charge in [-0.05, 0) is 28.1 Å². The van der Waals surface area contributed by atoms with E-state index in [1.807, 2.05) is 0 Å². The van der Waals surface area contributed by atoms with Gasteiger partial charge in [0.1, 0.15) is 0 Å². The Labute approximate surface area is 118 Å². The van der Waals surface area contributed by atoms with Gasteiger partial charge in [0.2, 0.25) is 5.54 Å². The van der Waals surface area contributed by atoms with E-state index in [1.165, 1.54) is 0 Å². The summed E-state index contributed by atoms with van der Waals surface area (Å²) >= 11 is 6.59. The van der Waals surface area contributed by atoms with Crippen molar-refractivity contribution in [2.45, 2.75) is 5.54 Å². The summed E-state index contributed by atoms with van der Waals surface area (Å²) in [4.78, 5) is 35.3. The predicted octanol–water partition coefficient (Wildman–Crippen LogP) is 1.20. The molecular weight excluding hydrogens is 370 g/mol. The van der Waals surface area contributed by atoms with Crippen LogP contribution in [0.25, 0.3) is 0 Å². The minimum absolute atomic E-state index is 0.414. The van der Waals surface area contributed by atoms with E-state index >= 15 is 0 Å². The van der Waals surface area contributed by atoms with Crippen LogP contribution in [0.1, 0.15) is 5.56 Å². The second-order valence-electron chi connectivity index (χ2n) is 3.92. The van der Waals surface area contributed by atoms with E-state index < -0.39 is 23.4 Å². The highest BCUT2D eigenvalue weighted by atomic mass is 79.9. The van der Waals surface area contributed by atoms with Gasteiger partial charge < -0.3 is 10.6 Å². The number of carbonyl (C=O) groups is 3. The van der Waals surface area contributed by atoms with Crippen molar-refractivity contribution in [1.82, 2.24) is 10.6 Å². The van der Waals surface area contributed by atoms with Crippen LogP contribution < -0.4 is 16.0 Å². The Hall–Kier alpha value is -1.41. The summed E-state index contributed by atoms with van der Waals surface area (Å²) in [6.45, 7) is 0. The first-order chi connectivity index (χ1) is 8.45. The number of benzene rings is 1. The van der Waals surface area contributed by atoms with Crippen molar-refractivity contribution < 1.29 is 14.4 Å². The topological polar surface area (TPSA) is 87.3 Å². The van der Waals surface area contributed by atoms with E-state index in [1.54, 1.807) is 12.1 Å². The molecule has 1 spiro atoms. The maximum absolute atomic E-state index is 12.1. The molecule has 1 saturated heterocycles. The van der Waals surface area contributed by atoms with Gasteiger partial charge in [-0.2, -0.15) is 0 Å². The minimum Gasteiger partial charge on any atom is -0.322 e. The molecule has 1 aromatic rings. The molecule has 1 atom stereocenters. The highest BCUT2D eigenvalue weighted by molar-refractivity contribution is 9.11. The van der Waals surface area contributed by atoms with Crippen LogP contribution in [-0.4, -0.2) is 17.8 Å². The summed E-state index contributed by atoms with van der Waals surface area (Å²) in [5.41, 5.74) is -0.767. The monoisotopic (exact) mass is 373 g/mol. The van der Waals surface area contributed by atoms with Gasteiger partial charge in [0.05, 0.1) is 5.69 Å². The van der Waals surface area contributed by atoms with Gasteiger partial charge in [0.25, 0.3) is 11.8 Å². The predicted molar refractivity (Wildman–Crippen MR) is 68.8 cm³/mol. The smallest absolute Gasteiger partial charge is 0.322 e. The van der Waals surface area contributed by atoms with Crippen molar-refractivity contribution in [1.29, 1.82) is 0 Å². The average Bonchev–Trinajstić information content (AvgIpc) is 2.71. The molecule has 6 nitrogen and oxygen atoms in total. The number of hydrogen-bond acceptors (Lipinski definition) is 3. The van der Waals surface area contributed by atoms with Crippen LogP contribution in [0, 0.1) is 0 Å². The van der Waals surface area contributed by atoms with Crippen LogP contribution in [0.4, 0.5) is 10.5 Å². The number of carbonyl (C=O) groups excluding carboxylic acids is 3. The van der Waals surface area contributed by atoms with E-state index in [0.29, 0.717) is 20.2 Å². The molecule has 4 amide bonds. The van der Waals surface area contributed by atoms with Gasteiger partial charge in [-0.3, -0.25) is 14.9 Å². The normalized spacial score (nSPS) is 24.9. The van der Waals surface area contributed by atoms with Crippen LogP contribution in [0.5, 0.6) is 0 Å². The highest BCUT2D eigenvalue weighted by Gasteiger charge is 2.59. The number of anilines is 1. The first kappa shape index (κ1) is 11.7. The number of imide groups is 1. The van der Waals surface area contributed by atoms with E-state index in [4.69, 9.17) is 0 Å². The standard InChI is InChI=1S/C10H5Br2N3O3/c11-3-1-4-6(5(12)2-3)13-7(16)10(4)8(17)14-9(18)15-10/h1-2H,(H,13,16)(H2,14,15,17,18). The minimum atomic E-state index is -1.67. The summed E-state index contributed by atoms with van der Waals surface area (Å²) in [5.74, 6) is -1.24. The lowest BCUT2D eigenvalue weighted by molar-refractivity contribution is -0.132. The lowest BCUT2D eigenvalue weighted by atomic mass is 9.92. The molecule has 3 rings (SSSR count). The van der Waals surface area contributed by atoms with Crippen molar-refractivity contribution in [2.75, 3.05) is 5.32 Å². The summed E-state index contributed by atoms with van der Waals surface area (Å²) in [6.07, 6.45) is 0. The Morgan fingerprint density at radius 2 is 1.67 bits per heavy atom. The number of urea groups is 1. The number of halogens is 2. The third-order valence-corrected chi connectivity index (χ3v) is 3.99. The number of amides is 4. The summed E-state index contributed by atoms with van der Waals surface area (Å²) < 4.78 is 1.32. The molecule has 0 aliphatic carbocycles. The molecule has 0 radical (unpaired) electrons. The maximum Gasteiger partial charge on any atom is 0.323 e. The second kappa shape index (κ2) is 3.55. The van der Waals surface area contributed by atoms with Crippen LogP contribution >= 0.6 is 31.9 Å². The SMILES string of the molecule is O=C1NC(=O)C2(N1)C(=O)Nc1c(Br)cc(Br)cc12. The Balaban J connectivity index is 2.30. The molecule has 0 bridgehead atoms. The molecule has 2 aliphatic heterocycles. The highest BCUT2D eigenvalue weighted by Crippen LogP contribution is 2.43. The molecule has 2 heterocycles. The summed E-state index contributed by atoms with van der Waals surface area (Å²) in [5, 5.41) is 7.06. The number of rotatable bonds is 0. The molecule has 0 aromatic heterocycles. The van der Waals surface area contributed by atoms with E-state index in [-0.39, 0.29) is 0 Å². The van der Waals surface area contributed by atoms with Gasteiger partial charge >= 0.3 is 6.03 Å². The largest absolute Gasteiger partial charge is 0.323 e. The van der Waals surface area contributed by atoms with Crippen molar-refractivity contribution in [3.05, 3.63) is 26.6 Å². The molecular formula is C10H5Br2N3O3. The van der Waals surface area contributed by atoms with Gasteiger partial charge in [-0.15, -0.1) is 0 Å². The van der Waals surface area contributed by atoms with Crippen molar-refractivity contribution in [2.24, 2.45) is 0 Å². The molecule has 3 N–H and O–H groups in total. The zero-order valence-electron chi connectivity index (χ0n) is 8.64. The van der Waals surface area contributed by atoms with Crippen molar-refractivity contribution >= 4 is 55.4 Å². The Bertz CT molecular complexity index is 631. The molecule has 1 fully saturated rings. The quantitative estimate of drug-likeness (QED) is 0.471. The Morgan fingerprint density at radius 3 is 2.28 bits per heavy atom. The van der Waals surface area contributed by atoms with Gasteiger partial charge in [0.15, 0.2) is 0 Å². The number of hydrogen-bond donors (Lipinski definition) is 3. The fraction of sp³-hybridized carbons (Fsp3) is 0.100.